The van der Waals surface area contributed by atoms with Crippen molar-refractivity contribution in [2.45, 2.75) is 4.90 Å². The molecule has 1 rings (SSSR count). The van der Waals surface area contributed by atoms with Crippen molar-refractivity contribution in [3.8, 4) is 0 Å². The molecular formula is C10H14N4O5S. The summed E-state index contributed by atoms with van der Waals surface area (Å²) in [6, 6.07) is 3.32. The molecule has 0 aromatic heterocycles. The Kier molecular flexibility index (Phi) is 5.00. The monoisotopic (exact) mass is 302 g/mol. The van der Waals surface area contributed by atoms with Crippen molar-refractivity contribution >= 4 is 27.3 Å². The summed E-state index contributed by atoms with van der Waals surface area (Å²) in [5, 5.41) is 15.6. The first-order valence-corrected chi connectivity index (χ1v) is 6.96. The van der Waals surface area contributed by atoms with Crippen molar-refractivity contribution in [3.05, 3.63) is 28.3 Å². The number of nitrogens with one attached hydrogen (secondary N) is 3. The van der Waals surface area contributed by atoms with E-state index >= 15 is 0 Å². The molecule has 1 amide bonds. The van der Waals surface area contributed by atoms with E-state index in [-0.39, 0.29) is 16.3 Å². The second-order valence-corrected chi connectivity index (χ2v) is 5.45. The Morgan fingerprint density at radius 3 is 2.50 bits per heavy atom. The molecule has 0 saturated carbocycles. The highest BCUT2D eigenvalue weighted by atomic mass is 32.2. The van der Waals surface area contributed by atoms with Crippen LogP contribution in [0.25, 0.3) is 0 Å². The van der Waals surface area contributed by atoms with E-state index in [1.165, 1.54) is 14.1 Å². The number of sulfonamides is 1. The van der Waals surface area contributed by atoms with E-state index in [0.717, 1.165) is 18.2 Å². The summed E-state index contributed by atoms with van der Waals surface area (Å²) in [6.45, 7) is -0.412. The lowest BCUT2D eigenvalue weighted by Crippen LogP contribution is -2.35. The molecule has 0 spiro atoms. The van der Waals surface area contributed by atoms with Gasteiger partial charge in [-0.2, -0.15) is 0 Å². The third-order valence-electron chi connectivity index (χ3n) is 2.45. The molecule has 9 nitrogen and oxygen atoms in total. The normalized spacial score (nSPS) is 10.9. The predicted molar refractivity (Wildman–Crippen MR) is 71.9 cm³/mol. The third-order valence-corrected chi connectivity index (χ3v) is 3.84. The molecular weight excluding hydrogens is 288 g/mol. The summed E-state index contributed by atoms with van der Waals surface area (Å²) in [4.78, 5) is 21.0. The highest BCUT2D eigenvalue weighted by molar-refractivity contribution is 7.89. The van der Waals surface area contributed by atoms with Crippen molar-refractivity contribution in [2.24, 2.45) is 0 Å². The van der Waals surface area contributed by atoms with Gasteiger partial charge in [-0.25, -0.2) is 13.1 Å². The van der Waals surface area contributed by atoms with E-state index in [0.29, 0.717) is 0 Å². The minimum absolute atomic E-state index is 0.0674. The maximum Gasteiger partial charge on any atom is 0.292 e. The highest BCUT2D eigenvalue weighted by Gasteiger charge is 2.20. The van der Waals surface area contributed by atoms with Crippen LogP contribution in [0.15, 0.2) is 23.1 Å². The standard InChI is InChI=1S/C10H14N4O5S/c1-11-8-5-7(3-4-9(8)14(16)17)20(18,19)13-6-10(15)12-2/h3-5,11,13H,6H2,1-2H3,(H,12,15). The lowest BCUT2D eigenvalue weighted by molar-refractivity contribution is -0.384. The molecule has 0 unspecified atom stereocenters. The van der Waals surface area contributed by atoms with Crippen molar-refractivity contribution < 1.29 is 18.1 Å². The number of nitro benzene ring substituents is 1. The van der Waals surface area contributed by atoms with Gasteiger partial charge in [0.05, 0.1) is 16.4 Å². The summed E-state index contributed by atoms with van der Waals surface area (Å²) in [5.41, 5.74) is -0.171. The molecule has 110 valence electrons. The van der Waals surface area contributed by atoms with Gasteiger partial charge in [0.1, 0.15) is 5.69 Å². The average molecular weight is 302 g/mol. The van der Waals surface area contributed by atoms with Crippen LogP contribution in [0.3, 0.4) is 0 Å². The first-order valence-electron chi connectivity index (χ1n) is 5.48. The molecule has 0 saturated heterocycles. The zero-order valence-electron chi connectivity index (χ0n) is 10.8. The lowest BCUT2D eigenvalue weighted by Gasteiger charge is -2.08. The van der Waals surface area contributed by atoms with E-state index in [2.05, 4.69) is 15.4 Å². The molecule has 3 N–H and O–H groups in total. The van der Waals surface area contributed by atoms with Crippen molar-refractivity contribution in [2.75, 3.05) is 26.0 Å². The first kappa shape index (κ1) is 15.9. The molecule has 0 radical (unpaired) electrons. The number of hydrogen-bond donors (Lipinski definition) is 3. The number of likely N-dealkylation sites (N-methyl/N-ethyl adjacent to an activating group) is 1. The van der Waals surface area contributed by atoms with Gasteiger partial charge in [-0.15, -0.1) is 0 Å². The van der Waals surface area contributed by atoms with E-state index in [1.807, 2.05) is 0 Å². The number of amides is 1. The molecule has 0 atom stereocenters. The maximum absolute atomic E-state index is 11.9. The molecule has 10 heteroatoms. The number of nitrogens with zero attached hydrogens (tertiary/aromatic N) is 1. The van der Waals surface area contributed by atoms with Crippen LogP contribution in [0.2, 0.25) is 0 Å². The fourth-order valence-corrected chi connectivity index (χ4v) is 2.38. The number of carbonyl (C=O) groups excluding carboxylic acids is 1. The van der Waals surface area contributed by atoms with Crippen molar-refractivity contribution in [1.82, 2.24) is 10.0 Å². The second-order valence-electron chi connectivity index (χ2n) is 3.68. The molecule has 0 fully saturated rings. The number of anilines is 1. The largest absolute Gasteiger partial charge is 0.383 e. The maximum atomic E-state index is 11.9. The SMILES string of the molecule is CNC(=O)CNS(=O)(=O)c1ccc([N+](=O)[O-])c(NC)c1. The van der Waals surface area contributed by atoms with Crippen LogP contribution < -0.4 is 15.4 Å². The molecule has 0 heterocycles. The van der Waals surface area contributed by atoms with Gasteiger partial charge in [0.2, 0.25) is 15.9 Å². The quantitative estimate of drug-likeness (QED) is 0.487. The summed E-state index contributed by atoms with van der Waals surface area (Å²) < 4.78 is 25.9. The Morgan fingerprint density at radius 1 is 1.35 bits per heavy atom. The molecule has 0 bridgehead atoms. The number of nitro groups is 1. The van der Waals surface area contributed by atoms with Gasteiger partial charge in [0.15, 0.2) is 0 Å². The van der Waals surface area contributed by atoms with Crippen LogP contribution >= 0.6 is 0 Å². The van der Waals surface area contributed by atoms with Crippen LogP contribution in [-0.2, 0) is 14.8 Å². The Labute approximate surface area is 115 Å². The third kappa shape index (κ3) is 3.65. The Bertz CT molecular complexity index is 629. The Morgan fingerprint density at radius 2 is 2.00 bits per heavy atom. The van der Waals surface area contributed by atoms with Gasteiger partial charge in [-0.1, -0.05) is 0 Å². The fourth-order valence-electron chi connectivity index (χ4n) is 1.37. The van der Waals surface area contributed by atoms with Gasteiger partial charge >= 0.3 is 0 Å². The number of rotatable bonds is 6. The summed E-state index contributed by atoms with van der Waals surface area (Å²) >= 11 is 0. The molecule has 1 aromatic rings. The average Bonchev–Trinajstić information content (AvgIpc) is 2.43. The second kappa shape index (κ2) is 6.30. The van der Waals surface area contributed by atoms with E-state index in [9.17, 15) is 23.3 Å². The number of benzene rings is 1. The zero-order chi connectivity index (χ0) is 15.3. The minimum Gasteiger partial charge on any atom is -0.383 e. The molecule has 1 aromatic carbocycles. The van der Waals surface area contributed by atoms with E-state index < -0.39 is 27.4 Å². The van der Waals surface area contributed by atoms with Crippen molar-refractivity contribution in [3.63, 3.8) is 0 Å². The smallest absolute Gasteiger partial charge is 0.292 e. The first-order chi connectivity index (χ1) is 9.31. The lowest BCUT2D eigenvalue weighted by atomic mass is 10.3. The van der Waals surface area contributed by atoms with Crippen LogP contribution in [0.1, 0.15) is 0 Å². The summed E-state index contributed by atoms with van der Waals surface area (Å²) in [6.07, 6.45) is 0. The van der Waals surface area contributed by atoms with Crippen LogP contribution in [0.4, 0.5) is 11.4 Å². The minimum atomic E-state index is -3.91. The van der Waals surface area contributed by atoms with E-state index in [1.54, 1.807) is 0 Å². The number of carbonyl (C=O) groups is 1. The van der Waals surface area contributed by atoms with Gasteiger partial charge in [-0.3, -0.25) is 14.9 Å². The zero-order valence-corrected chi connectivity index (χ0v) is 11.7. The van der Waals surface area contributed by atoms with Gasteiger partial charge in [0.25, 0.3) is 5.69 Å². The topological polar surface area (TPSA) is 130 Å². The predicted octanol–water partition coefficient (Wildman–Crippen LogP) is -0.339. The van der Waals surface area contributed by atoms with Gasteiger partial charge < -0.3 is 10.6 Å². The van der Waals surface area contributed by atoms with Crippen LogP contribution in [0.5, 0.6) is 0 Å². The highest BCUT2D eigenvalue weighted by Crippen LogP contribution is 2.26. The molecule has 20 heavy (non-hydrogen) atoms. The number of hydrogen-bond acceptors (Lipinski definition) is 6. The van der Waals surface area contributed by atoms with Gasteiger partial charge in [0, 0.05) is 20.2 Å². The summed E-state index contributed by atoms with van der Waals surface area (Å²) in [5.74, 6) is -0.496. The molecule has 0 aliphatic heterocycles. The van der Waals surface area contributed by atoms with Crippen LogP contribution in [0, 0.1) is 10.1 Å². The molecule has 0 aliphatic rings. The molecule has 0 aliphatic carbocycles. The Hall–Kier alpha value is -2.20. The fraction of sp³-hybridized carbons (Fsp3) is 0.300. The summed E-state index contributed by atoms with van der Waals surface area (Å²) in [7, 11) is -1.10. The van der Waals surface area contributed by atoms with E-state index in [4.69, 9.17) is 0 Å². The van der Waals surface area contributed by atoms with Crippen molar-refractivity contribution in [1.29, 1.82) is 0 Å². The van der Waals surface area contributed by atoms with Crippen LogP contribution in [-0.4, -0.2) is 39.9 Å². The Balaban J connectivity index is 3.07. The van der Waals surface area contributed by atoms with Gasteiger partial charge in [-0.05, 0) is 12.1 Å².